The minimum atomic E-state index is -0.0622. The smallest absolute Gasteiger partial charge is 0.239 e. The van der Waals surface area contributed by atoms with E-state index in [9.17, 15) is 4.79 Å². The normalized spacial score (nSPS) is 18.0. The number of hydrogen-bond donors (Lipinski definition) is 2. The lowest BCUT2D eigenvalue weighted by molar-refractivity contribution is -0.117. The molecule has 1 aliphatic heterocycles. The molecule has 0 saturated carbocycles. The zero-order chi connectivity index (χ0) is 16.1. The molecular formula is C16H21N5O2. The first-order chi connectivity index (χ1) is 11.2. The van der Waals surface area contributed by atoms with Crippen LogP contribution in [-0.4, -0.2) is 47.1 Å². The Hall–Kier alpha value is -2.41. The van der Waals surface area contributed by atoms with Crippen LogP contribution in [0.3, 0.4) is 0 Å². The van der Waals surface area contributed by atoms with Gasteiger partial charge in [0.15, 0.2) is 5.82 Å². The Bertz CT molecular complexity index is 644. The summed E-state index contributed by atoms with van der Waals surface area (Å²) >= 11 is 0. The number of likely N-dealkylation sites (tertiary alicyclic amines) is 1. The molecule has 1 atom stereocenters. The van der Waals surface area contributed by atoms with Crippen molar-refractivity contribution >= 4 is 17.5 Å². The van der Waals surface area contributed by atoms with Crippen LogP contribution in [0, 0.1) is 12.8 Å². The molecule has 0 aromatic carbocycles. The third-order valence-corrected chi connectivity index (χ3v) is 3.93. The van der Waals surface area contributed by atoms with Crippen LogP contribution in [0.5, 0.6) is 0 Å². The molecule has 0 aliphatic carbocycles. The summed E-state index contributed by atoms with van der Waals surface area (Å²) in [5, 5.41) is 9.77. The van der Waals surface area contributed by atoms with Crippen molar-refractivity contribution < 1.29 is 9.32 Å². The van der Waals surface area contributed by atoms with E-state index in [1.807, 2.05) is 18.3 Å². The number of nitrogens with one attached hydrogen (secondary N) is 2. The number of pyridine rings is 1. The van der Waals surface area contributed by atoms with E-state index in [0.29, 0.717) is 18.3 Å². The van der Waals surface area contributed by atoms with Crippen molar-refractivity contribution in [1.82, 2.24) is 15.0 Å². The van der Waals surface area contributed by atoms with Crippen LogP contribution in [-0.2, 0) is 4.79 Å². The maximum absolute atomic E-state index is 11.9. The second-order valence-electron chi connectivity index (χ2n) is 5.92. The maximum Gasteiger partial charge on any atom is 0.239 e. The predicted octanol–water partition coefficient (Wildman–Crippen LogP) is 1.75. The zero-order valence-electron chi connectivity index (χ0n) is 13.2. The molecule has 0 bridgehead atoms. The number of anilines is 2. The molecule has 23 heavy (non-hydrogen) atoms. The van der Waals surface area contributed by atoms with Crippen LogP contribution >= 0.6 is 0 Å². The first-order valence-corrected chi connectivity index (χ1v) is 7.78. The van der Waals surface area contributed by atoms with Gasteiger partial charge in [0.25, 0.3) is 0 Å². The molecule has 1 aliphatic rings. The number of nitrogens with zero attached hydrogens (tertiary/aromatic N) is 3. The Morgan fingerprint density at radius 1 is 1.43 bits per heavy atom. The predicted molar refractivity (Wildman–Crippen MR) is 87.1 cm³/mol. The highest BCUT2D eigenvalue weighted by molar-refractivity contribution is 5.91. The summed E-state index contributed by atoms with van der Waals surface area (Å²) in [6.07, 6.45) is 4.33. The highest BCUT2D eigenvalue weighted by Gasteiger charge is 2.24. The van der Waals surface area contributed by atoms with E-state index < -0.39 is 0 Å². The van der Waals surface area contributed by atoms with Crippen molar-refractivity contribution in [2.24, 2.45) is 5.92 Å². The third kappa shape index (κ3) is 4.53. The average molecular weight is 315 g/mol. The number of amides is 1. The number of rotatable bonds is 6. The van der Waals surface area contributed by atoms with E-state index in [1.54, 1.807) is 6.07 Å². The Balaban J connectivity index is 1.40. The van der Waals surface area contributed by atoms with Gasteiger partial charge in [0.2, 0.25) is 5.91 Å². The molecule has 3 heterocycles. The lowest BCUT2D eigenvalue weighted by Gasteiger charge is -2.15. The molecule has 3 rings (SSSR count). The van der Waals surface area contributed by atoms with Crippen molar-refractivity contribution in [2.45, 2.75) is 13.3 Å². The molecule has 2 N–H and O–H groups in total. The van der Waals surface area contributed by atoms with Gasteiger partial charge in [-0.05, 0) is 43.5 Å². The molecule has 1 saturated heterocycles. The van der Waals surface area contributed by atoms with Crippen LogP contribution in [0.25, 0.3) is 0 Å². The highest BCUT2D eigenvalue weighted by atomic mass is 16.5. The number of carbonyl (C=O) groups excluding carboxylic acids is 1. The molecule has 2 aromatic rings. The first-order valence-electron chi connectivity index (χ1n) is 7.78. The Kier molecular flexibility index (Phi) is 4.87. The van der Waals surface area contributed by atoms with Gasteiger partial charge >= 0.3 is 0 Å². The van der Waals surface area contributed by atoms with E-state index in [2.05, 4.69) is 32.6 Å². The summed E-state index contributed by atoms with van der Waals surface area (Å²) in [5.41, 5.74) is 1.19. The summed E-state index contributed by atoms with van der Waals surface area (Å²) in [6, 6.07) is 5.65. The summed E-state index contributed by atoms with van der Waals surface area (Å²) in [6.45, 7) is 5.15. The fourth-order valence-corrected chi connectivity index (χ4v) is 2.77. The molecule has 7 nitrogen and oxygen atoms in total. The second kappa shape index (κ2) is 7.23. The van der Waals surface area contributed by atoms with Crippen LogP contribution in [0.1, 0.15) is 12.0 Å². The van der Waals surface area contributed by atoms with E-state index in [0.717, 1.165) is 31.9 Å². The molecule has 1 amide bonds. The van der Waals surface area contributed by atoms with E-state index in [-0.39, 0.29) is 5.91 Å². The molecule has 2 aromatic heterocycles. The van der Waals surface area contributed by atoms with Gasteiger partial charge in [-0.1, -0.05) is 5.16 Å². The van der Waals surface area contributed by atoms with Crippen molar-refractivity contribution in [1.29, 1.82) is 0 Å². The van der Waals surface area contributed by atoms with Gasteiger partial charge < -0.3 is 15.2 Å². The quantitative estimate of drug-likeness (QED) is 0.845. The Labute approximate surface area is 135 Å². The SMILES string of the molecule is Cc1ccnc(NC[C@@H]2CCN(CC(=O)Nc3ccon3)C2)c1. The number of aryl methyl sites for hydroxylation is 1. The average Bonchev–Trinajstić information content (AvgIpc) is 3.17. The van der Waals surface area contributed by atoms with E-state index in [4.69, 9.17) is 4.52 Å². The lowest BCUT2D eigenvalue weighted by atomic mass is 10.1. The number of aromatic nitrogens is 2. The van der Waals surface area contributed by atoms with Gasteiger partial charge in [0.05, 0.1) is 6.54 Å². The van der Waals surface area contributed by atoms with Gasteiger partial charge in [-0.25, -0.2) is 4.98 Å². The van der Waals surface area contributed by atoms with Gasteiger partial charge in [-0.2, -0.15) is 0 Å². The molecular weight excluding hydrogens is 294 g/mol. The summed E-state index contributed by atoms with van der Waals surface area (Å²) < 4.78 is 4.69. The number of hydrogen-bond acceptors (Lipinski definition) is 6. The molecule has 1 fully saturated rings. The second-order valence-corrected chi connectivity index (χ2v) is 5.92. The standard InChI is InChI=1S/C16H21N5O2/c1-12-2-5-17-15(8-12)18-9-13-3-6-21(10-13)11-16(22)19-14-4-7-23-20-14/h2,4-5,7-8,13H,3,6,9-11H2,1H3,(H,17,18)(H,19,20,22)/t13-/m0/s1. The van der Waals surface area contributed by atoms with E-state index in [1.165, 1.54) is 11.8 Å². The van der Waals surface area contributed by atoms with Gasteiger partial charge in [-0.15, -0.1) is 0 Å². The van der Waals surface area contributed by atoms with Crippen LogP contribution in [0.4, 0.5) is 11.6 Å². The largest absolute Gasteiger partial charge is 0.370 e. The Morgan fingerprint density at radius 3 is 3.13 bits per heavy atom. The minimum absolute atomic E-state index is 0.0622. The number of carbonyl (C=O) groups is 1. The summed E-state index contributed by atoms with van der Waals surface area (Å²) in [5.74, 6) is 1.83. The van der Waals surface area contributed by atoms with Crippen LogP contribution in [0.2, 0.25) is 0 Å². The van der Waals surface area contributed by atoms with Crippen molar-refractivity contribution in [3.63, 3.8) is 0 Å². The van der Waals surface area contributed by atoms with E-state index >= 15 is 0 Å². The van der Waals surface area contributed by atoms with Crippen molar-refractivity contribution in [3.8, 4) is 0 Å². The van der Waals surface area contributed by atoms with Gasteiger partial charge in [0, 0.05) is 25.4 Å². The van der Waals surface area contributed by atoms with Gasteiger partial charge in [-0.3, -0.25) is 9.69 Å². The minimum Gasteiger partial charge on any atom is -0.370 e. The third-order valence-electron chi connectivity index (χ3n) is 3.93. The maximum atomic E-state index is 11.9. The Morgan fingerprint density at radius 2 is 2.35 bits per heavy atom. The molecule has 0 unspecified atom stereocenters. The van der Waals surface area contributed by atoms with Gasteiger partial charge in [0.1, 0.15) is 12.1 Å². The highest BCUT2D eigenvalue weighted by Crippen LogP contribution is 2.17. The fraction of sp³-hybridized carbons (Fsp3) is 0.438. The fourth-order valence-electron chi connectivity index (χ4n) is 2.77. The molecule has 122 valence electrons. The van der Waals surface area contributed by atoms with Crippen LogP contribution in [0.15, 0.2) is 35.2 Å². The molecule has 0 radical (unpaired) electrons. The first kappa shape index (κ1) is 15.5. The summed E-state index contributed by atoms with van der Waals surface area (Å²) in [7, 11) is 0. The van der Waals surface area contributed by atoms with Crippen molar-refractivity contribution in [3.05, 3.63) is 36.2 Å². The molecule has 7 heteroatoms. The lowest BCUT2D eigenvalue weighted by Crippen LogP contribution is -2.32. The zero-order valence-corrected chi connectivity index (χ0v) is 13.2. The van der Waals surface area contributed by atoms with Crippen LogP contribution < -0.4 is 10.6 Å². The molecule has 0 spiro atoms. The van der Waals surface area contributed by atoms with Crippen molar-refractivity contribution in [2.75, 3.05) is 36.8 Å². The summed E-state index contributed by atoms with van der Waals surface area (Å²) in [4.78, 5) is 18.4. The topological polar surface area (TPSA) is 83.3 Å². The monoisotopic (exact) mass is 315 g/mol.